The summed E-state index contributed by atoms with van der Waals surface area (Å²) in [4.78, 5) is 0. The Labute approximate surface area is 126 Å². The molecule has 1 aromatic heterocycles. The maximum Gasteiger partial charge on any atom is 0.260 e. The maximum absolute atomic E-state index is 12.5. The van der Waals surface area contributed by atoms with E-state index in [-0.39, 0.29) is 17.7 Å². The second-order valence-corrected chi connectivity index (χ2v) is 7.69. The SMILES string of the molecule is COCC(C)(C)NS(=O)(=O)c1n[nH]c(C)c1CNC(C)C. The molecule has 1 rings (SSSR count). The van der Waals surface area contributed by atoms with Gasteiger partial charge in [-0.05, 0) is 20.8 Å². The summed E-state index contributed by atoms with van der Waals surface area (Å²) < 4.78 is 32.7. The van der Waals surface area contributed by atoms with Crippen molar-refractivity contribution in [1.29, 1.82) is 0 Å². The lowest BCUT2D eigenvalue weighted by atomic mass is 10.1. The quantitative estimate of drug-likeness (QED) is 0.662. The number of hydrogen-bond acceptors (Lipinski definition) is 5. The van der Waals surface area contributed by atoms with Crippen molar-refractivity contribution < 1.29 is 13.2 Å². The van der Waals surface area contributed by atoms with Gasteiger partial charge in [0, 0.05) is 31.0 Å². The van der Waals surface area contributed by atoms with Crippen LogP contribution in [0.25, 0.3) is 0 Å². The lowest BCUT2D eigenvalue weighted by Crippen LogP contribution is -2.47. The van der Waals surface area contributed by atoms with Crippen molar-refractivity contribution >= 4 is 10.0 Å². The van der Waals surface area contributed by atoms with E-state index in [2.05, 4.69) is 20.2 Å². The molecule has 0 aliphatic carbocycles. The number of aryl methyl sites for hydroxylation is 1. The second kappa shape index (κ2) is 6.87. The number of sulfonamides is 1. The number of rotatable bonds is 8. The molecule has 21 heavy (non-hydrogen) atoms. The van der Waals surface area contributed by atoms with Crippen molar-refractivity contribution in [3.05, 3.63) is 11.3 Å². The van der Waals surface area contributed by atoms with Gasteiger partial charge >= 0.3 is 0 Å². The fraction of sp³-hybridized carbons (Fsp3) is 0.769. The Kier molecular flexibility index (Phi) is 5.92. The third-order valence-electron chi connectivity index (χ3n) is 2.89. The summed E-state index contributed by atoms with van der Waals surface area (Å²) >= 11 is 0. The highest BCUT2D eigenvalue weighted by atomic mass is 32.2. The highest BCUT2D eigenvalue weighted by Gasteiger charge is 2.30. The Hall–Kier alpha value is -0.960. The standard InChI is InChI=1S/C13H26N4O3S/c1-9(2)14-7-11-10(3)15-16-12(11)21(18,19)17-13(4,5)8-20-6/h9,14,17H,7-8H2,1-6H3,(H,15,16). The lowest BCUT2D eigenvalue weighted by Gasteiger charge is -2.24. The van der Waals surface area contributed by atoms with Crippen LogP contribution in [0.5, 0.6) is 0 Å². The van der Waals surface area contributed by atoms with Gasteiger partial charge in [-0.3, -0.25) is 5.10 Å². The van der Waals surface area contributed by atoms with Crippen molar-refractivity contribution in [3.8, 4) is 0 Å². The minimum atomic E-state index is -3.71. The Bertz CT molecular complexity index is 564. The van der Waals surface area contributed by atoms with Crippen LogP contribution in [-0.2, 0) is 21.3 Å². The van der Waals surface area contributed by atoms with E-state index in [9.17, 15) is 8.42 Å². The molecule has 0 saturated carbocycles. The van der Waals surface area contributed by atoms with E-state index in [4.69, 9.17) is 4.74 Å². The second-order valence-electron chi connectivity index (χ2n) is 6.09. The number of nitrogens with zero attached hydrogens (tertiary/aromatic N) is 1. The van der Waals surface area contributed by atoms with Gasteiger partial charge in [-0.1, -0.05) is 13.8 Å². The Morgan fingerprint density at radius 2 is 2.00 bits per heavy atom. The average Bonchev–Trinajstić information content (AvgIpc) is 2.67. The molecule has 7 nitrogen and oxygen atoms in total. The largest absolute Gasteiger partial charge is 0.383 e. The summed E-state index contributed by atoms with van der Waals surface area (Å²) in [6.45, 7) is 10.1. The molecule has 0 saturated heterocycles. The molecular weight excluding hydrogens is 292 g/mol. The first-order valence-electron chi connectivity index (χ1n) is 6.89. The number of H-pyrrole nitrogens is 1. The van der Waals surface area contributed by atoms with E-state index < -0.39 is 15.6 Å². The van der Waals surface area contributed by atoms with Gasteiger partial charge in [-0.15, -0.1) is 0 Å². The number of aromatic amines is 1. The van der Waals surface area contributed by atoms with E-state index >= 15 is 0 Å². The number of methoxy groups -OCH3 is 1. The summed E-state index contributed by atoms with van der Waals surface area (Å²) in [6.07, 6.45) is 0. The fourth-order valence-electron chi connectivity index (χ4n) is 1.97. The summed E-state index contributed by atoms with van der Waals surface area (Å²) in [7, 11) is -2.18. The Morgan fingerprint density at radius 3 is 2.52 bits per heavy atom. The molecule has 8 heteroatoms. The number of hydrogen-bond donors (Lipinski definition) is 3. The first-order valence-corrected chi connectivity index (χ1v) is 8.37. The summed E-state index contributed by atoms with van der Waals surface area (Å²) in [5.74, 6) is 0. The molecule has 3 N–H and O–H groups in total. The fourth-order valence-corrected chi connectivity index (χ4v) is 3.57. The Morgan fingerprint density at radius 1 is 1.38 bits per heavy atom. The van der Waals surface area contributed by atoms with Crippen LogP contribution in [0.1, 0.15) is 39.0 Å². The highest BCUT2D eigenvalue weighted by molar-refractivity contribution is 7.89. The third kappa shape index (κ3) is 5.06. The molecule has 0 bridgehead atoms. The van der Waals surface area contributed by atoms with Crippen LogP contribution < -0.4 is 10.0 Å². The monoisotopic (exact) mass is 318 g/mol. The van der Waals surface area contributed by atoms with Gasteiger partial charge < -0.3 is 10.1 Å². The van der Waals surface area contributed by atoms with Crippen LogP contribution in [0.15, 0.2) is 5.03 Å². The minimum absolute atomic E-state index is 0.0392. The van der Waals surface area contributed by atoms with E-state index in [1.54, 1.807) is 13.8 Å². The minimum Gasteiger partial charge on any atom is -0.383 e. The predicted molar refractivity (Wildman–Crippen MR) is 81.6 cm³/mol. The smallest absolute Gasteiger partial charge is 0.260 e. The van der Waals surface area contributed by atoms with E-state index in [0.717, 1.165) is 5.69 Å². The van der Waals surface area contributed by atoms with Gasteiger partial charge in [-0.25, -0.2) is 13.1 Å². The van der Waals surface area contributed by atoms with Crippen LogP contribution in [0.4, 0.5) is 0 Å². The van der Waals surface area contributed by atoms with Gasteiger partial charge in [0.25, 0.3) is 10.0 Å². The third-order valence-corrected chi connectivity index (χ3v) is 4.56. The van der Waals surface area contributed by atoms with Crippen LogP contribution in [0.3, 0.4) is 0 Å². The number of ether oxygens (including phenoxy) is 1. The maximum atomic E-state index is 12.5. The zero-order chi connectivity index (χ0) is 16.3. The zero-order valence-corrected chi connectivity index (χ0v) is 14.4. The lowest BCUT2D eigenvalue weighted by molar-refractivity contribution is 0.141. The molecule has 0 aromatic carbocycles. The Balaban J connectivity index is 3.03. The molecule has 0 amide bonds. The normalized spacial score (nSPS) is 13.1. The molecule has 1 heterocycles. The summed E-state index contributed by atoms with van der Waals surface area (Å²) in [5.41, 5.74) is 0.695. The van der Waals surface area contributed by atoms with E-state index in [0.29, 0.717) is 12.1 Å². The molecule has 0 aliphatic rings. The molecule has 0 radical (unpaired) electrons. The van der Waals surface area contributed by atoms with Crippen LogP contribution in [0.2, 0.25) is 0 Å². The van der Waals surface area contributed by atoms with Crippen molar-refractivity contribution in [2.24, 2.45) is 0 Å². The first kappa shape index (κ1) is 18.1. The average molecular weight is 318 g/mol. The molecule has 0 atom stereocenters. The van der Waals surface area contributed by atoms with E-state index in [1.807, 2.05) is 20.8 Å². The van der Waals surface area contributed by atoms with Crippen molar-refractivity contribution in [1.82, 2.24) is 20.2 Å². The van der Waals surface area contributed by atoms with Crippen LogP contribution in [-0.4, -0.2) is 43.9 Å². The van der Waals surface area contributed by atoms with Gasteiger partial charge in [0.1, 0.15) is 0 Å². The molecule has 122 valence electrons. The molecule has 0 unspecified atom stereocenters. The molecule has 1 aromatic rings. The molecule has 0 aliphatic heterocycles. The van der Waals surface area contributed by atoms with Crippen molar-refractivity contribution in [2.45, 2.75) is 57.8 Å². The van der Waals surface area contributed by atoms with Crippen LogP contribution >= 0.6 is 0 Å². The summed E-state index contributed by atoms with van der Waals surface area (Å²) in [6, 6.07) is 0.257. The van der Waals surface area contributed by atoms with Gasteiger partial charge in [0.2, 0.25) is 0 Å². The topological polar surface area (TPSA) is 96.1 Å². The zero-order valence-electron chi connectivity index (χ0n) is 13.6. The van der Waals surface area contributed by atoms with Gasteiger partial charge in [0.15, 0.2) is 5.03 Å². The number of nitrogens with one attached hydrogen (secondary N) is 3. The molecule has 0 fully saturated rings. The van der Waals surface area contributed by atoms with Gasteiger partial charge in [0.05, 0.1) is 12.1 Å². The highest BCUT2D eigenvalue weighted by Crippen LogP contribution is 2.18. The molecular formula is C13H26N4O3S. The number of aromatic nitrogens is 2. The van der Waals surface area contributed by atoms with Crippen molar-refractivity contribution in [2.75, 3.05) is 13.7 Å². The van der Waals surface area contributed by atoms with Gasteiger partial charge in [-0.2, -0.15) is 5.10 Å². The van der Waals surface area contributed by atoms with Crippen LogP contribution in [0, 0.1) is 6.92 Å². The first-order chi connectivity index (χ1) is 9.59. The predicted octanol–water partition coefficient (Wildman–Crippen LogP) is 0.919. The molecule has 0 spiro atoms. The van der Waals surface area contributed by atoms with Crippen molar-refractivity contribution in [3.63, 3.8) is 0 Å². The summed E-state index contributed by atoms with van der Waals surface area (Å²) in [5, 5.41) is 9.95. The van der Waals surface area contributed by atoms with E-state index in [1.165, 1.54) is 7.11 Å².